The van der Waals surface area contributed by atoms with E-state index in [1.807, 2.05) is 25.9 Å². The van der Waals surface area contributed by atoms with Crippen LogP contribution in [0.25, 0.3) is 0 Å². The summed E-state index contributed by atoms with van der Waals surface area (Å²) in [4.78, 5) is 4.79. The molecule has 2 aromatic rings. The quantitative estimate of drug-likeness (QED) is 0.329. The molecule has 0 amide bonds. The number of aliphatic imine (C=N–C) groups is 1. The molecule has 1 heterocycles. The molecular weight excluding hydrogens is 327 g/mol. The predicted molar refractivity (Wildman–Crippen MR) is 80.1 cm³/mol. The van der Waals surface area contributed by atoms with Gasteiger partial charge in [0.05, 0.1) is 18.0 Å². The average molecular weight is 344 g/mol. The molecule has 0 unspecified atom stereocenters. The molecule has 0 aliphatic carbocycles. The topological polar surface area (TPSA) is 19.5 Å². The van der Waals surface area contributed by atoms with Gasteiger partial charge in [-0.2, -0.15) is 0 Å². The Bertz CT molecular complexity index is 662. The number of rotatable bonds is 2. The second kappa shape index (κ2) is 7.46. The number of anilines is 1. The van der Waals surface area contributed by atoms with Gasteiger partial charge in [0.1, 0.15) is 0 Å². The number of aryl methyl sites for hydroxylation is 1. The number of benzene rings is 1. The van der Waals surface area contributed by atoms with Crippen LogP contribution in [0.4, 0.5) is 18.9 Å². The molecule has 3 nitrogen and oxygen atoms in total. The van der Waals surface area contributed by atoms with Gasteiger partial charge in [-0.25, -0.2) is 4.57 Å². The summed E-state index contributed by atoms with van der Waals surface area (Å²) < 4.78 is 39.6. The van der Waals surface area contributed by atoms with Crippen LogP contribution >= 0.6 is 0 Å². The molecule has 7 heteroatoms. The highest BCUT2D eigenvalue weighted by atomic mass is 35.5. The van der Waals surface area contributed by atoms with Crippen molar-refractivity contribution in [3.05, 3.63) is 59.9 Å². The SMILES string of the molecule is Cc1ccc(/C(=N\C(F)(F)F)[n+]2ccc(N(C)C)cc2)cc1.[Cl-]. The maximum Gasteiger partial charge on any atom is 0.603 e. The lowest BCUT2D eigenvalue weighted by molar-refractivity contribution is -0.555. The number of pyridine rings is 1. The van der Waals surface area contributed by atoms with Crippen LogP contribution in [0.15, 0.2) is 53.8 Å². The maximum absolute atomic E-state index is 12.8. The van der Waals surface area contributed by atoms with Crippen LogP contribution in [-0.4, -0.2) is 26.2 Å². The van der Waals surface area contributed by atoms with Crippen molar-refractivity contribution in [2.75, 3.05) is 19.0 Å². The van der Waals surface area contributed by atoms with Gasteiger partial charge in [0, 0.05) is 36.9 Å². The highest BCUT2D eigenvalue weighted by Gasteiger charge is 2.38. The maximum atomic E-state index is 12.8. The highest BCUT2D eigenvalue weighted by molar-refractivity contribution is 5.92. The largest absolute Gasteiger partial charge is 1.00 e. The van der Waals surface area contributed by atoms with E-state index >= 15 is 0 Å². The third-order valence-electron chi connectivity index (χ3n) is 3.12. The van der Waals surface area contributed by atoms with Gasteiger partial charge >= 0.3 is 12.1 Å². The molecule has 0 radical (unpaired) electrons. The Morgan fingerprint density at radius 3 is 1.96 bits per heavy atom. The summed E-state index contributed by atoms with van der Waals surface area (Å²) in [5.74, 6) is -0.155. The van der Waals surface area contributed by atoms with Gasteiger partial charge in [0.15, 0.2) is 0 Å². The minimum absolute atomic E-state index is 0. The normalized spacial score (nSPS) is 11.8. The van der Waals surface area contributed by atoms with E-state index in [-0.39, 0.29) is 18.2 Å². The van der Waals surface area contributed by atoms with Gasteiger partial charge < -0.3 is 17.3 Å². The third-order valence-corrected chi connectivity index (χ3v) is 3.12. The first-order valence-corrected chi connectivity index (χ1v) is 6.69. The van der Waals surface area contributed by atoms with Crippen molar-refractivity contribution in [2.45, 2.75) is 13.2 Å². The van der Waals surface area contributed by atoms with Crippen molar-refractivity contribution in [1.82, 2.24) is 0 Å². The molecule has 0 saturated heterocycles. The molecule has 0 fully saturated rings. The summed E-state index contributed by atoms with van der Waals surface area (Å²) in [6.07, 6.45) is -1.49. The Labute approximate surface area is 139 Å². The Kier molecular flexibility index (Phi) is 6.15. The van der Waals surface area contributed by atoms with Crippen molar-refractivity contribution in [2.24, 2.45) is 4.99 Å². The predicted octanol–water partition coefficient (Wildman–Crippen LogP) is 0.167. The van der Waals surface area contributed by atoms with E-state index in [0.717, 1.165) is 11.3 Å². The van der Waals surface area contributed by atoms with Crippen LogP contribution in [0.2, 0.25) is 0 Å². The summed E-state index contributed by atoms with van der Waals surface area (Å²) in [6, 6.07) is 10.3. The van der Waals surface area contributed by atoms with Crippen molar-refractivity contribution in [1.29, 1.82) is 0 Å². The molecule has 0 bridgehead atoms. The number of hydrogen-bond acceptors (Lipinski definition) is 2. The van der Waals surface area contributed by atoms with Crippen molar-refractivity contribution < 1.29 is 30.1 Å². The van der Waals surface area contributed by atoms with Crippen LogP contribution in [0.5, 0.6) is 0 Å². The summed E-state index contributed by atoms with van der Waals surface area (Å²) in [6.45, 7) is 1.88. The lowest BCUT2D eigenvalue weighted by atomic mass is 10.1. The fraction of sp³-hybridized carbons (Fsp3) is 0.250. The number of nitrogens with zero attached hydrogens (tertiary/aromatic N) is 3. The number of alkyl halides is 3. The Morgan fingerprint density at radius 2 is 1.52 bits per heavy atom. The van der Waals surface area contributed by atoms with Crippen LogP contribution in [0.1, 0.15) is 11.1 Å². The highest BCUT2D eigenvalue weighted by Crippen LogP contribution is 2.18. The van der Waals surface area contributed by atoms with Crippen molar-refractivity contribution in [3.63, 3.8) is 0 Å². The lowest BCUT2D eigenvalue weighted by Gasteiger charge is -2.11. The fourth-order valence-electron chi connectivity index (χ4n) is 1.95. The van der Waals surface area contributed by atoms with E-state index in [2.05, 4.69) is 4.99 Å². The zero-order valence-electron chi connectivity index (χ0n) is 13.0. The van der Waals surface area contributed by atoms with Gasteiger partial charge in [-0.15, -0.1) is 13.2 Å². The van der Waals surface area contributed by atoms with E-state index < -0.39 is 6.30 Å². The van der Waals surface area contributed by atoms with Gasteiger partial charge in [0.2, 0.25) is 0 Å². The van der Waals surface area contributed by atoms with E-state index in [9.17, 15) is 13.2 Å². The van der Waals surface area contributed by atoms with E-state index in [4.69, 9.17) is 0 Å². The van der Waals surface area contributed by atoms with E-state index in [0.29, 0.717) is 5.56 Å². The first-order chi connectivity index (χ1) is 10.3. The van der Waals surface area contributed by atoms with Gasteiger partial charge in [-0.05, 0) is 19.1 Å². The second-order valence-electron chi connectivity index (χ2n) is 5.13. The summed E-state index contributed by atoms with van der Waals surface area (Å²) >= 11 is 0. The molecular formula is C16H17ClF3N3. The number of hydrogen-bond donors (Lipinski definition) is 0. The number of aromatic nitrogens is 1. The summed E-state index contributed by atoms with van der Waals surface area (Å²) in [5, 5.41) is 0. The van der Waals surface area contributed by atoms with Crippen LogP contribution < -0.4 is 21.9 Å². The van der Waals surface area contributed by atoms with Crippen molar-refractivity contribution in [3.8, 4) is 0 Å². The number of halogens is 4. The zero-order valence-corrected chi connectivity index (χ0v) is 13.7. The molecule has 0 saturated carbocycles. The molecule has 1 aromatic heterocycles. The lowest BCUT2D eigenvalue weighted by Crippen LogP contribution is -3.00. The van der Waals surface area contributed by atoms with Crippen molar-refractivity contribution >= 4 is 11.5 Å². The molecule has 2 rings (SSSR count). The molecule has 124 valence electrons. The fourth-order valence-corrected chi connectivity index (χ4v) is 1.95. The van der Waals surface area contributed by atoms with Gasteiger partial charge in [-0.3, -0.25) is 0 Å². The molecule has 23 heavy (non-hydrogen) atoms. The average Bonchev–Trinajstić information content (AvgIpc) is 2.45. The standard InChI is InChI=1S/C16H17F3N3.ClH/c1-12-4-6-13(7-5-12)15(20-16(17,18)19)22-10-8-14(9-11-22)21(2)3;/h4-11H,1-3H3;1H/q+1;/p-1/b20-15+;. The Balaban J connectivity index is 0.00000264. The van der Waals surface area contributed by atoms with Gasteiger partial charge in [-0.1, -0.05) is 17.7 Å². The molecule has 0 spiro atoms. The Morgan fingerprint density at radius 1 is 1.00 bits per heavy atom. The van der Waals surface area contributed by atoms with Crippen LogP contribution in [0, 0.1) is 6.92 Å². The smallest absolute Gasteiger partial charge is 0.603 e. The molecule has 0 N–H and O–H groups in total. The van der Waals surface area contributed by atoms with Gasteiger partial charge in [0.25, 0.3) is 0 Å². The molecule has 0 aliphatic heterocycles. The van der Waals surface area contributed by atoms with Crippen LogP contribution in [0.3, 0.4) is 0 Å². The minimum atomic E-state index is -4.63. The van der Waals surface area contributed by atoms with Crippen LogP contribution in [-0.2, 0) is 0 Å². The van der Waals surface area contributed by atoms with E-state index in [1.165, 1.54) is 4.57 Å². The molecule has 0 aliphatic rings. The zero-order chi connectivity index (χ0) is 16.3. The van der Waals surface area contributed by atoms with E-state index in [1.54, 1.807) is 48.8 Å². The Hall–Kier alpha value is -2.08. The molecule has 0 atom stereocenters. The summed E-state index contributed by atoms with van der Waals surface area (Å²) in [7, 11) is 3.73. The molecule has 1 aromatic carbocycles. The second-order valence-corrected chi connectivity index (χ2v) is 5.13. The first-order valence-electron chi connectivity index (χ1n) is 6.69. The summed E-state index contributed by atoms with van der Waals surface area (Å²) in [5.41, 5.74) is 2.28. The minimum Gasteiger partial charge on any atom is -1.00 e. The first kappa shape index (κ1) is 19.0. The monoisotopic (exact) mass is 343 g/mol. The third kappa shape index (κ3) is 5.25.